The molecule has 0 aliphatic carbocycles. The van der Waals surface area contributed by atoms with Crippen molar-refractivity contribution >= 4 is 28.7 Å². The summed E-state index contributed by atoms with van der Waals surface area (Å²) in [5, 5.41) is 11.2. The van der Waals surface area contributed by atoms with Gasteiger partial charge in [-0.25, -0.2) is 0 Å². The molecule has 0 unspecified atom stereocenters. The fourth-order valence-corrected chi connectivity index (χ4v) is 2.10. The smallest absolute Gasteiger partial charge is 0.175 e. The van der Waals surface area contributed by atoms with Crippen LogP contribution in [0.3, 0.4) is 0 Å². The number of para-hydroxylation sites is 1. The molecule has 0 aliphatic rings. The van der Waals surface area contributed by atoms with Gasteiger partial charge in [-0.15, -0.1) is 0 Å². The van der Waals surface area contributed by atoms with Crippen molar-refractivity contribution in [2.75, 3.05) is 10.6 Å². The molecular weight excluding hydrogens is 256 g/mol. The average molecular weight is 274 g/mol. The molecule has 2 N–H and O–H groups in total. The number of hydrogen-bond acceptors (Lipinski definition) is 2. The lowest BCUT2D eigenvalue weighted by atomic mass is 10.2. The summed E-state index contributed by atoms with van der Waals surface area (Å²) in [7, 11) is 0. The molecule has 0 aliphatic heterocycles. The summed E-state index contributed by atoms with van der Waals surface area (Å²) in [4.78, 5) is 0. The molecule has 1 aromatic carbocycles. The van der Waals surface area contributed by atoms with Crippen LogP contribution in [0.15, 0.2) is 30.5 Å². The van der Waals surface area contributed by atoms with Gasteiger partial charge < -0.3 is 10.6 Å². The van der Waals surface area contributed by atoms with E-state index in [0.717, 1.165) is 29.2 Å². The summed E-state index contributed by atoms with van der Waals surface area (Å²) in [5.74, 6) is 0. The third-order valence-electron chi connectivity index (χ3n) is 3.04. The zero-order chi connectivity index (χ0) is 13.8. The molecule has 2 aromatic rings. The van der Waals surface area contributed by atoms with Gasteiger partial charge in [-0.1, -0.05) is 18.2 Å². The first kappa shape index (κ1) is 13.5. The lowest BCUT2D eigenvalue weighted by Gasteiger charge is -2.12. The zero-order valence-electron chi connectivity index (χ0n) is 11.4. The molecule has 0 fully saturated rings. The third-order valence-corrected chi connectivity index (χ3v) is 3.25. The van der Waals surface area contributed by atoms with Crippen LogP contribution in [0.1, 0.15) is 18.2 Å². The number of aryl methyl sites for hydroxylation is 2. The first-order valence-corrected chi connectivity index (χ1v) is 6.68. The Bertz CT molecular complexity index is 589. The number of benzene rings is 1. The van der Waals surface area contributed by atoms with Crippen LogP contribution in [-0.2, 0) is 6.54 Å². The van der Waals surface area contributed by atoms with Crippen LogP contribution >= 0.6 is 12.2 Å². The predicted octanol–water partition coefficient (Wildman–Crippen LogP) is 3.33. The van der Waals surface area contributed by atoms with Crippen LogP contribution < -0.4 is 10.6 Å². The van der Waals surface area contributed by atoms with E-state index in [2.05, 4.69) is 22.7 Å². The normalized spacial score (nSPS) is 10.3. The second kappa shape index (κ2) is 5.84. The number of rotatable bonds is 3. The predicted molar refractivity (Wildman–Crippen MR) is 83.7 cm³/mol. The van der Waals surface area contributed by atoms with Gasteiger partial charge in [0, 0.05) is 12.2 Å². The Morgan fingerprint density at radius 1 is 1.21 bits per heavy atom. The van der Waals surface area contributed by atoms with E-state index in [4.69, 9.17) is 12.2 Å². The van der Waals surface area contributed by atoms with Gasteiger partial charge >= 0.3 is 0 Å². The Kier molecular flexibility index (Phi) is 4.16. The van der Waals surface area contributed by atoms with Gasteiger partial charge in [-0.3, -0.25) is 4.68 Å². The standard InChI is InChI=1S/C14H18N4S/c1-4-18-11(3)13(9-15-18)17-14(19)16-12-8-6-5-7-10(12)2/h5-9H,4H2,1-3H3,(H2,16,17,19). The first-order chi connectivity index (χ1) is 9.11. The van der Waals surface area contributed by atoms with E-state index in [9.17, 15) is 0 Å². The van der Waals surface area contributed by atoms with Gasteiger partial charge in [0.05, 0.1) is 17.6 Å². The molecule has 0 atom stereocenters. The molecule has 0 spiro atoms. The van der Waals surface area contributed by atoms with Crippen LogP contribution in [0.2, 0.25) is 0 Å². The molecule has 0 bridgehead atoms. The minimum Gasteiger partial charge on any atom is -0.332 e. The monoisotopic (exact) mass is 274 g/mol. The molecule has 19 heavy (non-hydrogen) atoms. The largest absolute Gasteiger partial charge is 0.332 e. The fraction of sp³-hybridized carbons (Fsp3) is 0.286. The summed E-state index contributed by atoms with van der Waals surface area (Å²) >= 11 is 5.32. The second-order valence-electron chi connectivity index (χ2n) is 4.35. The van der Waals surface area contributed by atoms with E-state index < -0.39 is 0 Å². The maximum Gasteiger partial charge on any atom is 0.175 e. The Balaban J connectivity index is 2.06. The Morgan fingerprint density at radius 3 is 2.53 bits per heavy atom. The number of hydrogen-bond donors (Lipinski definition) is 2. The molecule has 1 aromatic heterocycles. The topological polar surface area (TPSA) is 41.9 Å². The molecule has 0 saturated heterocycles. The molecule has 2 rings (SSSR count). The third kappa shape index (κ3) is 3.12. The van der Waals surface area contributed by atoms with Crippen molar-refractivity contribution in [1.82, 2.24) is 9.78 Å². The highest BCUT2D eigenvalue weighted by Crippen LogP contribution is 2.16. The van der Waals surface area contributed by atoms with Gasteiger partial charge in [0.2, 0.25) is 0 Å². The SMILES string of the molecule is CCn1ncc(NC(=S)Nc2ccccc2C)c1C. The first-order valence-electron chi connectivity index (χ1n) is 6.28. The molecular formula is C14H18N4S. The summed E-state index contributed by atoms with van der Waals surface area (Å²) in [6.07, 6.45) is 1.80. The van der Waals surface area contributed by atoms with Gasteiger partial charge in [-0.05, 0) is 44.6 Å². The quantitative estimate of drug-likeness (QED) is 0.843. The maximum absolute atomic E-state index is 5.32. The molecule has 5 heteroatoms. The number of thiocarbonyl (C=S) groups is 1. The van der Waals surface area contributed by atoms with Crippen LogP contribution in [0.25, 0.3) is 0 Å². The number of nitrogens with zero attached hydrogens (tertiary/aromatic N) is 2. The Labute approximate surface area is 118 Å². The highest BCUT2D eigenvalue weighted by molar-refractivity contribution is 7.80. The van der Waals surface area contributed by atoms with E-state index in [1.54, 1.807) is 6.20 Å². The zero-order valence-corrected chi connectivity index (χ0v) is 12.2. The molecule has 0 amide bonds. The minimum atomic E-state index is 0.577. The summed E-state index contributed by atoms with van der Waals surface area (Å²) in [6, 6.07) is 8.04. The molecule has 0 radical (unpaired) electrons. The van der Waals surface area contributed by atoms with Crippen molar-refractivity contribution in [2.45, 2.75) is 27.3 Å². The molecule has 0 saturated carbocycles. The van der Waals surface area contributed by atoms with Crippen molar-refractivity contribution in [1.29, 1.82) is 0 Å². The van der Waals surface area contributed by atoms with Gasteiger partial charge in [0.25, 0.3) is 0 Å². The van der Waals surface area contributed by atoms with Gasteiger partial charge in [-0.2, -0.15) is 5.10 Å². The van der Waals surface area contributed by atoms with Crippen LogP contribution in [0.4, 0.5) is 11.4 Å². The number of nitrogens with one attached hydrogen (secondary N) is 2. The van der Waals surface area contributed by atoms with Crippen LogP contribution in [0, 0.1) is 13.8 Å². The molecule has 1 heterocycles. The van der Waals surface area contributed by atoms with Gasteiger partial charge in [0.15, 0.2) is 5.11 Å². The Morgan fingerprint density at radius 2 is 1.89 bits per heavy atom. The second-order valence-corrected chi connectivity index (χ2v) is 4.76. The lowest BCUT2D eigenvalue weighted by molar-refractivity contribution is 0.640. The fourth-order valence-electron chi connectivity index (χ4n) is 1.88. The molecule has 100 valence electrons. The summed E-state index contributed by atoms with van der Waals surface area (Å²) in [6.45, 7) is 6.99. The van der Waals surface area contributed by atoms with Gasteiger partial charge in [0.1, 0.15) is 0 Å². The molecule has 4 nitrogen and oxygen atoms in total. The van der Waals surface area contributed by atoms with Crippen molar-refractivity contribution < 1.29 is 0 Å². The van der Waals surface area contributed by atoms with Crippen molar-refractivity contribution in [3.63, 3.8) is 0 Å². The van der Waals surface area contributed by atoms with Crippen molar-refractivity contribution in [3.05, 3.63) is 41.7 Å². The van der Waals surface area contributed by atoms with Crippen LogP contribution in [-0.4, -0.2) is 14.9 Å². The number of anilines is 2. The van der Waals surface area contributed by atoms with E-state index in [1.807, 2.05) is 42.8 Å². The van der Waals surface area contributed by atoms with Crippen molar-refractivity contribution in [3.8, 4) is 0 Å². The summed E-state index contributed by atoms with van der Waals surface area (Å²) in [5.41, 5.74) is 4.19. The van der Waals surface area contributed by atoms with E-state index in [0.29, 0.717) is 5.11 Å². The highest BCUT2D eigenvalue weighted by Gasteiger charge is 2.07. The maximum atomic E-state index is 5.32. The Hall–Kier alpha value is -1.88. The number of aromatic nitrogens is 2. The average Bonchev–Trinajstić information content (AvgIpc) is 2.73. The van der Waals surface area contributed by atoms with E-state index in [1.165, 1.54) is 0 Å². The lowest BCUT2D eigenvalue weighted by Crippen LogP contribution is -2.20. The summed E-state index contributed by atoms with van der Waals surface area (Å²) < 4.78 is 1.93. The van der Waals surface area contributed by atoms with Crippen molar-refractivity contribution in [2.24, 2.45) is 0 Å². The highest BCUT2D eigenvalue weighted by atomic mass is 32.1. The minimum absolute atomic E-state index is 0.577. The van der Waals surface area contributed by atoms with Crippen LogP contribution in [0.5, 0.6) is 0 Å². The van der Waals surface area contributed by atoms with E-state index >= 15 is 0 Å². The van der Waals surface area contributed by atoms with E-state index in [-0.39, 0.29) is 0 Å².